The largest absolute Gasteiger partial charge is 0.483 e. The van der Waals surface area contributed by atoms with Crippen LogP contribution < -0.4 is 0 Å². The third-order valence-corrected chi connectivity index (χ3v) is 1.20. The quantitative estimate of drug-likeness (QED) is 0.221. The molecule has 1 N–H and O–H groups in total. The van der Waals surface area contributed by atoms with Crippen molar-refractivity contribution >= 4 is 5.97 Å². The van der Waals surface area contributed by atoms with E-state index in [1.165, 1.54) is 6.08 Å². The number of rotatable bonds is 6. The number of carbonyl (C=O) groups is 1. The van der Waals surface area contributed by atoms with Crippen LogP contribution in [-0.2, 0) is 14.3 Å². The van der Waals surface area contributed by atoms with Gasteiger partial charge in [0.05, 0.1) is 0 Å². The van der Waals surface area contributed by atoms with Gasteiger partial charge in [0.15, 0.2) is 5.76 Å². The first kappa shape index (κ1) is 11.7. The Morgan fingerprint density at radius 1 is 1.69 bits per heavy atom. The van der Waals surface area contributed by atoms with Crippen LogP contribution in [0, 0.1) is 0 Å². The number of carbonyl (C=O) groups excluding carboxylic acids is 1. The molecule has 0 rings (SSSR count). The van der Waals surface area contributed by atoms with Crippen LogP contribution in [0.3, 0.4) is 0 Å². The molecule has 74 valence electrons. The van der Waals surface area contributed by atoms with Gasteiger partial charge in [0.2, 0.25) is 6.29 Å². The van der Waals surface area contributed by atoms with Crippen molar-refractivity contribution in [3.8, 4) is 0 Å². The first-order chi connectivity index (χ1) is 6.11. The fraction of sp³-hybridized carbons (Fsp3) is 0.444. The van der Waals surface area contributed by atoms with E-state index in [9.17, 15) is 4.79 Å². The molecule has 4 heteroatoms. The maximum atomic E-state index is 11.0. The maximum absolute atomic E-state index is 11.0. The molecule has 0 heterocycles. The Hall–Kier alpha value is -1.29. The minimum absolute atomic E-state index is 0.132. The van der Waals surface area contributed by atoms with Gasteiger partial charge in [0.25, 0.3) is 0 Å². The molecular weight excluding hydrogens is 172 g/mol. The van der Waals surface area contributed by atoms with E-state index in [1.54, 1.807) is 6.92 Å². The van der Waals surface area contributed by atoms with Gasteiger partial charge in [-0.05, 0) is 6.58 Å². The summed E-state index contributed by atoms with van der Waals surface area (Å²) in [6.45, 7) is 8.60. The molecule has 0 amide bonds. The molecular formula is C9H14O4. The van der Waals surface area contributed by atoms with Gasteiger partial charge in [0.1, 0.15) is 6.61 Å². The van der Waals surface area contributed by atoms with E-state index in [0.29, 0.717) is 6.42 Å². The lowest BCUT2D eigenvalue weighted by Gasteiger charge is -2.10. The number of aliphatic hydroxyl groups is 1. The lowest BCUT2D eigenvalue weighted by Crippen LogP contribution is -2.18. The van der Waals surface area contributed by atoms with E-state index < -0.39 is 12.3 Å². The van der Waals surface area contributed by atoms with Crippen molar-refractivity contribution in [2.45, 2.75) is 19.6 Å². The molecule has 0 saturated carbocycles. The van der Waals surface area contributed by atoms with E-state index in [4.69, 9.17) is 9.84 Å². The molecule has 0 spiro atoms. The van der Waals surface area contributed by atoms with Gasteiger partial charge in [-0.15, -0.1) is 0 Å². The Labute approximate surface area is 77.5 Å². The lowest BCUT2D eigenvalue weighted by molar-refractivity contribution is -0.166. The number of ether oxygens (including phenoxy) is 2. The van der Waals surface area contributed by atoms with E-state index >= 15 is 0 Å². The Morgan fingerprint density at radius 2 is 2.31 bits per heavy atom. The summed E-state index contributed by atoms with van der Waals surface area (Å²) < 4.78 is 9.32. The third-order valence-electron chi connectivity index (χ3n) is 1.20. The molecule has 0 aromatic heterocycles. The van der Waals surface area contributed by atoms with E-state index in [-0.39, 0.29) is 12.4 Å². The number of esters is 1. The molecule has 0 saturated heterocycles. The predicted molar refractivity (Wildman–Crippen MR) is 47.7 cm³/mol. The second kappa shape index (κ2) is 6.25. The number of hydrogen-bond donors (Lipinski definition) is 1. The average Bonchev–Trinajstić information content (AvgIpc) is 2.13. The zero-order valence-corrected chi connectivity index (χ0v) is 7.66. The molecule has 0 radical (unpaired) electrons. The van der Waals surface area contributed by atoms with Crippen LogP contribution in [0.2, 0.25) is 0 Å². The highest BCUT2D eigenvalue weighted by atomic mass is 16.6. The van der Waals surface area contributed by atoms with Gasteiger partial charge in [-0.2, -0.15) is 0 Å². The summed E-state index contributed by atoms with van der Waals surface area (Å²) in [6, 6.07) is 0. The fourth-order valence-electron chi connectivity index (χ4n) is 0.491. The second-order valence-corrected chi connectivity index (χ2v) is 2.29. The highest BCUT2D eigenvalue weighted by molar-refractivity contribution is 5.85. The minimum Gasteiger partial charge on any atom is -0.483 e. The predicted octanol–water partition coefficient (Wildman–Crippen LogP) is 0.974. The molecule has 0 aromatic rings. The van der Waals surface area contributed by atoms with Crippen molar-refractivity contribution < 1.29 is 19.4 Å². The molecule has 0 bridgehead atoms. The van der Waals surface area contributed by atoms with Crippen LogP contribution in [0.15, 0.2) is 25.0 Å². The molecule has 1 unspecified atom stereocenters. The summed E-state index contributed by atoms with van der Waals surface area (Å²) in [5, 5.41) is 8.94. The highest BCUT2D eigenvalue weighted by Crippen LogP contribution is 2.01. The van der Waals surface area contributed by atoms with Gasteiger partial charge in [-0.1, -0.05) is 19.6 Å². The first-order valence-corrected chi connectivity index (χ1v) is 3.93. The summed E-state index contributed by atoms with van der Waals surface area (Å²) in [6.07, 6.45) is 0.714. The van der Waals surface area contributed by atoms with E-state index in [1.807, 2.05) is 0 Å². The lowest BCUT2D eigenvalue weighted by atomic mass is 10.5. The molecule has 0 aliphatic rings. The van der Waals surface area contributed by atoms with Crippen molar-refractivity contribution in [1.29, 1.82) is 0 Å². The zero-order valence-electron chi connectivity index (χ0n) is 7.66. The first-order valence-electron chi connectivity index (χ1n) is 3.93. The summed E-state index contributed by atoms with van der Waals surface area (Å²) in [5.74, 6) is -0.886. The maximum Gasteiger partial charge on any atom is 0.375 e. The van der Waals surface area contributed by atoms with Crippen molar-refractivity contribution in [2.24, 2.45) is 0 Å². The minimum atomic E-state index is -1.10. The standard InChI is InChI=1S/C9H14O4/c1-4-6-12-7(3)9(11)13-8(10)5-2/h4,8,10H,1,3,5-6H2,2H3. The summed E-state index contributed by atoms with van der Waals surface area (Å²) in [4.78, 5) is 11.0. The van der Waals surface area contributed by atoms with Crippen LogP contribution in [0.5, 0.6) is 0 Å². The topological polar surface area (TPSA) is 55.8 Å². The van der Waals surface area contributed by atoms with Gasteiger partial charge in [0, 0.05) is 6.42 Å². The van der Waals surface area contributed by atoms with Gasteiger partial charge in [-0.25, -0.2) is 4.79 Å². The summed E-state index contributed by atoms with van der Waals surface area (Å²) in [7, 11) is 0. The monoisotopic (exact) mass is 186 g/mol. The van der Waals surface area contributed by atoms with Crippen LogP contribution in [0.4, 0.5) is 0 Å². The Kier molecular flexibility index (Phi) is 5.63. The van der Waals surface area contributed by atoms with Crippen LogP contribution in [0.1, 0.15) is 13.3 Å². The Balaban J connectivity index is 3.82. The second-order valence-electron chi connectivity index (χ2n) is 2.29. The Bertz CT molecular complexity index is 198. The average molecular weight is 186 g/mol. The molecule has 13 heavy (non-hydrogen) atoms. The van der Waals surface area contributed by atoms with Crippen LogP contribution >= 0.6 is 0 Å². The normalized spacial score (nSPS) is 11.5. The van der Waals surface area contributed by atoms with Gasteiger partial charge in [-0.3, -0.25) is 0 Å². The van der Waals surface area contributed by atoms with Gasteiger partial charge < -0.3 is 14.6 Å². The number of hydrogen-bond acceptors (Lipinski definition) is 4. The SMILES string of the molecule is C=CCOC(=C)C(=O)OC(O)CC. The fourth-order valence-corrected chi connectivity index (χ4v) is 0.491. The van der Waals surface area contributed by atoms with Crippen LogP contribution in [-0.4, -0.2) is 24.0 Å². The summed E-state index contributed by atoms with van der Waals surface area (Å²) >= 11 is 0. The van der Waals surface area contributed by atoms with Crippen molar-refractivity contribution in [3.05, 3.63) is 25.0 Å². The Morgan fingerprint density at radius 3 is 2.77 bits per heavy atom. The number of aliphatic hydroxyl groups excluding tert-OH is 1. The summed E-state index contributed by atoms with van der Waals surface area (Å²) in [5.41, 5.74) is 0. The van der Waals surface area contributed by atoms with Crippen molar-refractivity contribution in [1.82, 2.24) is 0 Å². The van der Waals surface area contributed by atoms with Crippen molar-refractivity contribution in [3.63, 3.8) is 0 Å². The molecule has 4 nitrogen and oxygen atoms in total. The zero-order chi connectivity index (χ0) is 10.3. The highest BCUT2D eigenvalue weighted by Gasteiger charge is 2.13. The van der Waals surface area contributed by atoms with Gasteiger partial charge >= 0.3 is 5.97 Å². The third kappa shape index (κ3) is 5.03. The molecule has 0 aliphatic carbocycles. The van der Waals surface area contributed by atoms with Crippen LogP contribution in [0.25, 0.3) is 0 Å². The smallest absolute Gasteiger partial charge is 0.375 e. The molecule has 1 atom stereocenters. The molecule has 0 aliphatic heterocycles. The van der Waals surface area contributed by atoms with E-state index in [2.05, 4.69) is 17.9 Å². The van der Waals surface area contributed by atoms with Crippen molar-refractivity contribution in [2.75, 3.05) is 6.61 Å². The molecule has 0 fully saturated rings. The molecule has 0 aromatic carbocycles. The van der Waals surface area contributed by atoms with E-state index in [0.717, 1.165) is 0 Å².